The lowest BCUT2D eigenvalue weighted by atomic mass is 10.2. The van der Waals surface area contributed by atoms with E-state index in [1.165, 1.54) is 6.08 Å². The van der Waals surface area contributed by atoms with Gasteiger partial charge in [-0.15, -0.1) is 0 Å². The molecule has 0 unspecified atom stereocenters. The molecule has 1 aromatic carbocycles. The molecule has 0 aliphatic rings. The number of hydrogen-bond acceptors (Lipinski definition) is 2. The van der Waals surface area contributed by atoms with E-state index in [9.17, 15) is 4.79 Å². The van der Waals surface area contributed by atoms with E-state index in [0.717, 1.165) is 14.5 Å². The number of halogens is 2. The van der Waals surface area contributed by atoms with Gasteiger partial charge in [0.25, 0.3) is 0 Å². The number of benzene rings is 1. The molecule has 12 heavy (non-hydrogen) atoms. The van der Waals surface area contributed by atoms with Gasteiger partial charge in [-0.2, -0.15) is 4.99 Å². The van der Waals surface area contributed by atoms with Crippen LogP contribution in [0.15, 0.2) is 26.1 Å². The van der Waals surface area contributed by atoms with Crippen molar-refractivity contribution in [3.63, 3.8) is 0 Å². The summed E-state index contributed by atoms with van der Waals surface area (Å²) in [5, 5.41) is 0. The summed E-state index contributed by atoms with van der Waals surface area (Å²) in [5.74, 6) is 0. The van der Waals surface area contributed by atoms with Gasteiger partial charge in [0.15, 0.2) is 0 Å². The van der Waals surface area contributed by atoms with Crippen molar-refractivity contribution in [2.24, 2.45) is 4.99 Å². The number of aryl methyl sites for hydroxylation is 1. The molecule has 0 spiro atoms. The molecule has 0 amide bonds. The summed E-state index contributed by atoms with van der Waals surface area (Å²) >= 11 is 6.63. The van der Waals surface area contributed by atoms with Crippen molar-refractivity contribution in [3.05, 3.63) is 26.6 Å². The minimum atomic E-state index is 0.586. The molecule has 0 N–H and O–H groups in total. The quantitative estimate of drug-likeness (QED) is 0.575. The van der Waals surface area contributed by atoms with Gasteiger partial charge in [0.2, 0.25) is 6.08 Å². The molecule has 1 rings (SSSR count). The first-order chi connectivity index (χ1) is 5.65. The second-order valence-corrected chi connectivity index (χ2v) is 3.96. The highest BCUT2D eigenvalue weighted by atomic mass is 79.9. The molecule has 0 saturated carbocycles. The number of rotatable bonds is 1. The number of isocyanates is 1. The number of hydrogen-bond donors (Lipinski definition) is 0. The van der Waals surface area contributed by atoms with E-state index in [0.29, 0.717) is 5.69 Å². The number of nitrogens with zero attached hydrogens (tertiary/aromatic N) is 1. The molecular formula is C8H5Br2NO. The maximum absolute atomic E-state index is 9.99. The first-order valence-corrected chi connectivity index (χ1v) is 4.77. The molecule has 0 bridgehead atoms. The molecule has 0 aliphatic heterocycles. The first-order valence-electron chi connectivity index (χ1n) is 3.18. The molecule has 4 heteroatoms. The monoisotopic (exact) mass is 289 g/mol. The molecule has 0 aliphatic carbocycles. The molecule has 0 fully saturated rings. The fourth-order valence-corrected chi connectivity index (χ4v) is 1.65. The number of carbonyl (C=O) groups excluding carboxylic acids is 1. The fourth-order valence-electron chi connectivity index (χ4n) is 0.771. The van der Waals surface area contributed by atoms with E-state index < -0.39 is 0 Å². The zero-order chi connectivity index (χ0) is 9.14. The Kier molecular flexibility index (Phi) is 3.20. The summed E-state index contributed by atoms with van der Waals surface area (Å²) in [5.41, 5.74) is 1.68. The normalized spacial score (nSPS) is 9.25. The maximum atomic E-state index is 9.99. The van der Waals surface area contributed by atoms with Gasteiger partial charge in [-0.05, 0) is 40.5 Å². The van der Waals surface area contributed by atoms with Crippen molar-refractivity contribution in [2.75, 3.05) is 0 Å². The van der Waals surface area contributed by atoms with Gasteiger partial charge in [0.05, 0.1) is 5.69 Å². The summed E-state index contributed by atoms with van der Waals surface area (Å²) in [4.78, 5) is 13.5. The Morgan fingerprint density at radius 1 is 1.33 bits per heavy atom. The van der Waals surface area contributed by atoms with Crippen molar-refractivity contribution in [3.8, 4) is 0 Å². The molecule has 2 nitrogen and oxygen atoms in total. The van der Waals surface area contributed by atoms with E-state index in [4.69, 9.17) is 0 Å². The van der Waals surface area contributed by atoms with Crippen LogP contribution in [0, 0.1) is 6.92 Å². The zero-order valence-corrected chi connectivity index (χ0v) is 9.44. The standard InChI is InChI=1S/C8H5Br2NO/c1-5-2-7(10)8(11-4-12)3-6(5)9/h2-3H,1H3. The van der Waals surface area contributed by atoms with Gasteiger partial charge in [-0.3, -0.25) is 0 Å². The van der Waals surface area contributed by atoms with Crippen molar-refractivity contribution in [1.82, 2.24) is 0 Å². The molecular weight excluding hydrogens is 286 g/mol. The third kappa shape index (κ3) is 2.03. The summed E-state index contributed by atoms with van der Waals surface area (Å²) in [7, 11) is 0. The lowest BCUT2D eigenvalue weighted by molar-refractivity contribution is 0.565. The second kappa shape index (κ2) is 3.99. The Morgan fingerprint density at radius 2 is 2.00 bits per heavy atom. The maximum Gasteiger partial charge on any atom is 0.240 e. The van der Waals surface area contributed by atoms with Crippen LogP contribution in [0.5, 0.6) is 0 Å². The molecule has 0 atom stereocenters. The SMILES string of the molecule is Cc1cc(Br)c(N=C=O)cc1Br. The molecule has 62 valence electrons. The van der Waals surface area contributed by atoms with Crippen molar-refractivity contribution in [1.29, 1.82) is 0 Å². The zero-order valence-electron chi connectivity index (χ0n) is 6.27. The van der Waals surface area contributed by atoms with Crippen LogP contribution in [-0.4, -0.2) is 6.08 Å². The molecule has 0 saturated heterocycles. The van der Waals surface area contributed by atoms with Gasteiger partial charge in [0, 0.05) is 8.95 Å². The second-order valence-electron chi connectivity index (χ2n) is 2.26. The van der Waals surface area contributed by atoms with Crippen LogP contribution < -0.4 is 0 Å². The Balaban J connectivity index is 3.32. The summed E-state index contributed by atoms with van der Waals surface area (Å²) in [6, 6.07) is 3.66. The van der Waals surface area contributed by atoms with Crippen molar-refractivity contribution in [2.45, 2.75) is 6.92 Å². The van der Waals surface area contributed by atoms with Crippen LogP contribution in [0.4, 0.5) is 5.69 Å². The predicted octanol–water partition coefficient (Wildman–Crippen LogP) is 3.49. The molecule has 0 radical (unpaired) electrons. The fraction of sp³-hybridized carbons (Fsp3) is 0.125. The number of aliphatic imine (C=N–C) groups is 1. The summed E-state index contributed by atoms with van der Waals surface area (Å²) in [6.07, 6.45) is 1.50. The van der Waals surface area contributed by atoms with E-state index in [1.54, 1.807) is 6.07 Å². The van der Waals surface area contributed by atoms with Crippen molar-refractivity contribution >= 4 is 43.6 Å². The van der Waals surface area contributed by atoms with Gasteiger partial charge in [-0.25, -0.2) is 4.79 Å². The highest BCUT2D eigenvalue weighted by Crippen LogP contribution is 2.30. The molecule has 0 aromatic heterocycles. The molecule has 1 aromatic rings. The Hall–Kier alpha value is -0.440. The van der Waals surface area contributed by atoms with Crippen LogP contribution in [0.25, 0.3) is 0 Å². The smallest absolute Gasteiger partial charge is 0.211 e. The Morgan fingerprint density at radius 3 is 2.58 bits per heavy atom. The summed E-state index contributed by atoms with van der Waals surface area (Å²) < 4.78 is 1.73. The van der Waals surface area contributed by atoms with Crippen LogP contribution >= 0.6 is 31.9 Å². The first kappa shape index (κ1) is 9.65. The van der Waals surface area contributed by atoms with Gasteiger partial charge >= 0.3 is 0 Å². The minimum absolute atomic E-state index is 0.586. The third-order valence-corrected chi connectivity index (χ3v) is 2.88. The largest absolute Gasteiger partial charge is 0.240 e. The van der Waals surface area contributed by atoms with E-state index in [1.807, 2.05) is 13.0 Å². The highest BCUT2D eigenvalue weighted by Gasteiger charge is 2.01. The average Bonchev–Trinajstić information content (AvgIpc) is 2.01. The van der Waals surface area contributed by atoms with Crippen LogP contribution in [-0.2, 0) is 4.79 Å². The van der Waals surface area contributed by atoms with Crippen LogP contribution in [0.3, 0.4) is 0 Å². The Labute approximate surface area is 87.0 Å². The van der Waals surface area contributed by atoms with Gasteiger partial charge in [0.1, 0.15) is 0 Å². The summed E-state index contributed by atoms with van der Waals surface area (Å²) in [6.45, 7) is 1.96. The lowest BCUT2D eigenvalue weighted by Crippen LogP contribution is -1.76. The van der Waals surface area contributed by atoms with E-state index in [2.05, 4.69) is 36.9 Å². The van der Waals surface area contributed by atoms with Gasteiger partial charge < -0.3 is 0 Å². The van der Waals surface area contributed by atoms with Crippen LogP contribution in [0.2, 0.25) is 0 Å². The third-order valence-electron chi connectivity index (χ3n) is 1.39. The van der Waals surface area contributed by atoms with Crippen LogP contribution in [0.1, 0.15) is 5.56 Å². The predicted molar refractivity (Wildman–Crippen MR) is 54.4 cm³/mol. The molecule has 0 heterocycles. The van der Waals surface area contributed by atoms with Gasteiger partial charge in [-0.1, -0.05) is 15.9 Å². The topological polar surface area (TPSA) is 29.4 Å². The Bertz CT molecular complexity index is 356. The lowest BCUT2D eigenvalue weighted by Gasteiger charge is -2.00. The minimum Gasteiger partial charge on any atom is -0.211 e. The van der Waals surface area contributed by atoms with Crippen molar-refractivity contribution < 1.29 is 4.79 Å². The van der Waals surface area contributed by atoms with E-state index in [-0.39, 0.29) is 0 Å². The average molecular weight is 291 g/mol. The highest BCUT2D eigenvalue weighted by molar-refractivity contribution is 9.11. The van der Waals surface area contributed by atoms with E-state index >= 15 is 0 Å².